The molecule has 5 nitrogen and oxygen atoms in total. The molecular weight excluding hydrogens is 370 g/mol. The third-order valence-corrected chi connectivity index (χ3v) is 4.80. The van der Waals surface area contributed by atoms with Crippen LogP contribution in [0.5, 0.6) is 0 Å². The Hall–Kier alpha value is -2.18. The first kappa shape index (κ1) is 15.4. The number of nitrogens with one attached hydrogen (secondary N) is 1. The van der Waals surface area contributed by atoms with Crippen molar-refractivity contribution in [2.24, 2.45) is 0 Å². The molecule has 0 saturated carbocycles. The zero-order valence-electron chi connectivity index (χ0n) is 12.9. The van der Waals surface area contributed by atoms with Gasteiger partial charge in [-0.25, -0.2) is 0 Å². The molecule has 1 amide bonds. The second-order valence-electron chi connectivity index (χ2n) is 5.78. The summed E-state index contributed by atoms with van der Waals surface area (Å²) in [7, 11) is 0. The summed E-state index contributed by atoms with van der Waals surface area (Å²) in [4.78, 5) is 14.7. The number of rotatable bonds is 2. The zero-order chi connectivity index (χ0) is 16.5. The highest BCUT2D eigenvalue weighted by molar-refractivity contribution is 9.10. The minimum atomic E-state index is -0.110. The van der Waals surface area contributed by atoms with E-state index in [4.69, 9.17) is 4.74 Å². The molecule has 1 aliphatic rings. The molecule has 0 bridgehead atoms. The fourth-order valence-electron chi connectivity index (χ4n) is 2.99. The number of amides is 1. The number of fused-ring (bicyclic) bond motifs is 1. The number of hydrogen-bond acceptors (Lipinski definition) is 3. The van der Waals surface area contributed by atoms with E-state index in [9.17, 15) is 4.79 Å². The monoisotopic (exact) mass is 385 g/mol. The maximum absolute atomic E-state index is 12.9. The summed E-state index contributed by atoms with van der Waals surface area (Å²) in [6, 6.07) is 15.7. The van der Waals surface area contributed by atoms with Gasteiger partial charge in [0.1, 0.15) is 6.10 Å². The molecule has 6 heteroatoms. The SMILES string of the molecule is O=C(c1n[nH]c2ccccc12)N1CCO[C@H](c2ccc(Br)cc2)C1. The fourth-order valence-corrected chi connectivity index (χ4v) is 3.25. The predicted molar refractivity (Wildman–Crippen MR) is 94.8 cm³/mol. The molecule has 0 spiro atoms. The number of ether oxygens (including phenoxy) is 1. The summed E-state index contributed by atoms with van der Waals surface area (Å²) in [5.41, 5.74) is 2.42. The zero-order valence-corrected chi connectivity index (χ0v) is 14.5. The van der Waals surface area contributed by atoms with Crippen LogP contribution in [0, 0.1) is 0 Å². The number of nitrogens with zero attached hydrogens (tertiary/aromatic N) is 2. The lowest BCUT2D eigenvalue weighted by Gasteiger charge is -2.32. The van der Waals surface area contributed by atoms with Gasteiger partial charge in [0.05, 0.1) is 18.7 Å². The highest BCUT2D eigenvalue weighted by Crippen LogP contribution is 2.25. The van der Waals surface area contributed by atoms with E-state index in [1.54, 1.807) is 0 Å². The number of benzene rings is 2. The molecule has 1 N–H and O–H groups in total. The summed E-state index contributed by atoms with van der Waals surface area (Å²) in [5, 5.41) is 8.00. The highest BCUT2D eigenvalue weighted by Gasteiger charge is 2.28. The van der Waals surface area contributed by atoms with Gasteiger partial charge in [0.15, 0.2) is 5.69 Å². The minimum absolute atomic E-state index is 0.0575. The van der Waals surface area contributed by atoms with Crippen LogP contribution >= 0.6 is 15.9 Å². The second kappa shape index (κ2) is 6.37. The number of para-hydroxylation sites is 1. The van der Waals surface area contributed by atoms with Gasteiger partial charge in [0.25, 0.3) is 5.91 Å². The number of morpholine rings is 1. The van der Waals surface area contributed by atoms with Crippen LogP contribution < -0.4 is 0 Å². The Labute approximate surface area is 147 Å². The summed E-state index contributed by atoms with van der Waals surface area (Å²) < 4.78 is 6.88. The first-order chi connectivity index (χ1) is 11.7. The molecule has 1 saturated heterocycles. The van der Waals surface area contributed by atoms with Gasteiger partial charge in [-0.15, -0.1) is 0 Å². The molecule has 2 heterocycles. The minimum Gasteiger partial charge on any atom is -0.370 e. The first-order valence-corrected chi connectivity index (χ1v) is 8.61. The second-order valence-corrected chi connectivity index (χ2v) is 6.70. The largest absolute Gasteiger partial charge is 0.370 e. The van der Waals surface area contributed by atoms with Gasteiger partial charge in [-0.2, -0.15) is 5.10 Å². The topological polar surface area (TPSA) is 58.2 Å². The normalized spacial score (nSPS) is 18.0. The van der Waals surface area contributed by atoms with Gasteiger partial charge in [0.2, 0.25) is 0 Å². The van der Waals surface area contributed by atoms with Crippen molar-refractivity contribution in [3.05, 3.63) is 64.3 Å². The maximum atomic E-state index is 12.9. The molecule has 2 aromatic carbocycles. The van der Waals surface area contributed by atoms with Gasteiger partial charge in [0, 0.05) is 16.4 Å². The van der Waals surface area contributed by atoms with E-state index >= 15 is 0 Å². The predicted octanol–water partition coefficient (Wildman–Crippen LogP) is 3.54. The average Bonchev–Trinajstić information content (AvgIpc) is 3.06. The number of carbonyl (C=O) groups is 1. The number of H-pyrrole nitrogens is 1. The van der Waals surface area contributed by atoms with Crippen LogP contribution in [-0.4, -0.2) is 40.7 Å². The van der Waals surface area contributed by atoms with Crippen molar-refractivity contribution in [3.63, 3.8) is 0 Å². The Morgan fingerprint density at radius 3 is 2.83 bits per heavy atom. The smallest absolute Gasteiger partial charge is 0.275 e. The summed E-state index contributed by atoms with van der Waals surface area (Å²) in [6.45, 7) is 1.63. The van der Waals surface area contributed by atoms with Crippen LogP contribution in [0.2, 0.25) is 0 Å². The molecule has 4 rings (SSSR count). The van der Waals surface area contributed by atoms with E-state index in [1.807, 2.05) is 53.4 Å². The van der Waals surface area contributed by atoms with Crippen molar-refractivity contribution >= 4 is 32.7 Å². The standard InChI is InChI=1S/C18H16BrN3O2/c19-13-7-5-12(6-8-13)16-11-22(9-10-24-16)18(23)17-14-3-1-2-4-15(14)20-21-17/h1-8,16H,9-11H2,(H,20,21)/t16-/m0/s1. The van der Waals surface area contributed by atoms with Crippen molar-refractivity contribution in [2.75, 3.05) is 19.7 Å². The number of aromatic amines is 1. The van der Waals surface area contributed by atoms with Gasteiger partial charge < -0.3 is 9.64 Å². The van der Waals surface area contributed by atoms with E-state index in [0.29, 0.717) is 25.4 Å². The molecule has 0 unspecified atom stereocenters. The number of aromatic nitrogens is 2. The Bertz CT molecular complexity index is 875. The van der Waals surface area contributed by atoms with Gasteiger partial charge in [-0.05, 0) is 23.8 Å². The molecule has 3 aromatic rings. The van der Waals surface area contributed by atoms with E-state index in [1.165, 1.54) is 0 Å². The van der Waals surface area contributed by atoms with Crippen molar-refractivity contribution in [1.82, 2.24) is 15.1 Å². The lowest BCUT2D eigenvalue weighted by Crippen LogP contribution is -2.42. The summed E-state index contributed by atoms with van der Waals surface area (Å²) >= 11 is 3.44. The number of halogens is 1. The van der Waals surface area contributed by atoms with E-state index < -0.39 is 0 Å². The molecular formula is C18H16BrN3O2. The molecule has 0 radical (unpaired) electrons. The maximum Gasteiger partial charge on any atom is 0.275 e. The van der Waals surface area contributed by atoms with E-state index in [0.717, 1.165) is 20.9 Å². The lowest BCUT2D eigenvalue weighted by atomic mass is 10.1. The van der Waals surface area contributed by atoms with E-state index in [2.05, 4.69) is 26.1 Å². The summed E-state index contributed by atoms with van der Waals surface area (Å²) in [5.74, 6) is -0.0575. The number of hydrogen-bond donors (Lipinski definition) is 1. The molecule has 1 fully saturated rings. The third kappa shape index (κ3) is 2.83. The van der Waals surface area contributed by atoms with Crippen LogP contribution in [0.4, 0.5) is 0 Å². The Balaban J connectivity index is 1.57. The Morgan fingerprint density at radius 2 is 2.00 bits per heavy atom. The van der Waals surface area contributed by atoms with Crippen LogP contribution in [-0.2, 0) is 4.74 Å². The van der Waals surface area contributed by atoms with Crippen LogP contribution in [0.25, 0.3) is 10.9 Å². The van der Waals surface area contributed by atoms with Crippen LogP contribution in [0.15, 0.2) is 53.0 Å². The fraction of sp³-hybridized carbons (Fsp3) is 0.222. The van der Waals surface area contributed by atoms with Crippen molar-refractivity contribution in [3.8, 4) is 0 Å². The Morgan fingerprint density at radius 1 is 1.21 bits per heavy atom. The van der Waals surface area contributed by atoms with Gasteiger partial charge in [-0.3, -0.25) is 9.89 Å². The molecule has 122 valence electrons. The third-order valence-electron chi connectivity index (χ3n) is 4.27. The average molecular weight is 386 g/mol. The summed E-state index contributed by atoms with van der Waals surface area (Å²) in [6.07, 6.45) is -0.110. The highest BCUT2D eigenvalue weighted by atomic mass is 79.9. The van der Waals surface area contributed by atoms with Crippen LogP contribution in [0.3, 0.4) is 0 Å². The van der Waals surface area contributed by atoms with Crippen LogP contribution in [0.1, 0.15) is 22.2 Å². The Kier molecular flexibility index (Phi) is 4.08. The lowest BCUT2D eigenvalue weighted by molar-refractivity contribution is -0.0229. The van der Waals surface area contributed by atoms with Crippen molar-refractivity contribution < 1.29 is 9.53 Å². The van der Waals surface area contributed by atoms with Crippen molar-refractivity contribution in [1.29, 1.82) is 0 Å². The molecule has 1 aliphatic heterocycles. The van der Waals surface area contributed by atoms with Gasteiger partial charge in [-0.1, -0.05) is 46.3 Å². The molecule has 24 heavy (non-hydrogen) atoms. The first-order valence-electron chi connectivity index (χ1n) is 7.82. The van der Waals surface area contributed by atoms with Gasteiger partial charge >= 0.3 is 0 Å². The van der Waals surface area contributed by atoms with Crippen molar-refractivity contribution in [2.45, 2.75) is 6.10 Å². The van der Waals surface area contributed by atoms with E-state index in [-0.39, 0.29) is 12.0 Å². The quantitative estimate of drug-likeness (QED) is 0.733. The molecule has 1 aromatic heterocycles. The number of carbonyl (C=O) groups excluding carboxylic acids is 1. The molecule has 0 aliphatic carbocycles. The molecule has 1 atom stereocenters.